The molecule has 23 heavy (non-hydrogen) atoms. The molecule has 0 unspecified atom stereocenters. The smallest absolute Gasteiger partial charge is 0.135 e. The van der Waals surface area contributed by atoms with Crippen LogP contribution in [0.5, 0.6) is 0 Å². The molecule has 118 valence electrons. The third kappa shape index (κ3) is 2.98. The van der Waals surface area contributed by atoms with Crippen molar-refractivity contribution in [2.75, 3.05) is 0 Å². The maximum Gasteiger partial charge on any atom is 0.135 e. The Morgan fingerprint density at radius 1 is 1.00 bits per heavy atom. The van der Waals surface area contributed by atoms with Crippen molar-refractivity contribution in [1.82, 2.24) is 9.55 Å². The monoisotopic (exact) mass is 317 g/mol. The van der Waals surface area contributed by atoms with E-state index in [9.17, 15) is 13.2 Å². The van der Waals surface area contributed by atoms with Gasteiger partial charge in [-0.1, -0.05) is 18.2 Å². The predicted molar refractivity (Wildman–Crippen MR) is 81.0 cm³/mol. The lowest BCUT2D eigenvalue weighted by Crippen LogP contribution is -2.09. The van der Waals surface area contributed by atoms with Crippen LogP contribution in [0.15, 0.2) is 48.8 Å². The molecule has 0 amide bonds. The molecule has 0 atom stereocenters. The van der Waals surface area contributed by atoms with E-state index in [1.54, 1.807) is 22.8 Å². The van der Waals surface area contributed by atoms with Gasteiger partial charge in [0, 0.05) is 23.7 Å². The lowest BCUT2D eigenvalue weighted by molar-refractivity contribution is 0.584. The molecule has 0 aliphatic rings. The predicted octanol–water partition coefficient (Wildman–Crippen LogP) is 3.47. The Hall–Kier alpha value is -2.60. The minimum absolute atomic E-state index is 0.0978. The Kier molecular flexibility index (Phi) is 4.16. The zero-order valence-electron chi connectivity index (χ0n) is 12.1. The van der Waals surface area contributed by atoms with Gasteiger partial charge in [0.2, 0.25) is 0 Å². The summed E-state index contributed by atoms with van der Waals surface area (Å²) in [6.07, 6.45) is 1.48. The Morgan fingerprint density at radius 3 is 2.48 bits per heavy atom. The van der Waals surface area contributed by atoms with E-state index >= 15 is 0 Å². The van der Waals surface area contributed by atoms with Crippen LogP contribution < -0.4 is 5.73 Å². The van der Waals surface area contributed by atoms with Crippen molar-refractivity contribution >= 4 is 0 Å². The molecule has 1 aromatic heterocycles. The Labute approximate surface area is 131 Å². The fourth-order valence-electron chi connectivity index (χ4n) is 2.47. The Morgan fingerprint density at radius 2 is 1.78 bits per heavy atom. The van der Waals surface area contributed by atoms with Crippen LogP contribution in [0, 0.1) is 17.5 Å². The molecule has 3 aromatic rings. The maximum atomic E-state index is 14.0. The molecular weight excluding hydrogens is 303 g/mol. The van der Waals surface area contributed by atoms with Gasteiger partial charge in [-0.25, -0.2) is 18.2 Å². The van der Waals surface area contributed by atoms with Crippen LogP contribution in [-0.4, -0.2) is 9.55 Å². The van der Waals surface area contributed by atoms with Crippen LogP contribution >= 0.6 is 0 Å². The van der Waals surface area contributed by atoms with Gasteiger partial charge in [0.25, 0.3) is 0 Å². The first-order valence-electron chi connectivity index (χ1n) is 7.03. The third-order valence-electron chi connectivity index (χ3n) is 3.62. The third-order valence-corrected chi connectivity index (χ3v) is 3.62. The van der Waals surface area contributed by atoms with E-state index in [1.807, 2.05) is 0 Å². The van der Waals surface area contributed by atoms with Crippen molar-refractivity contribution in [3.05, 3.63) is 77.5 Å². The van der Waals surface area contributed by atoms with Gasteiger partial charge in [0.15, 0.2) is 0 Å². The fraction of sp³-hybridized carbons (Fsp3) is 0.118. The summed E-state index contributed by atoms with van der Waals surface area (Å²) in [6.45, 7) is 0.329. The van der Waals surface area contributed by atoms with Crippen LogP contribution in [-0.2, 0) is 13.1 Å². The molecule has 2 aromatic carbocycles. The summed E-state index contributed by atoms with van der Waals surface area (Å²) in [4.78, 5) is 4.17. The van der Waals surface area contributed by atoms with Crippen molar-refractivity contribution in [3.63, 3.8) is 0 Å². The van der Waals surface area contributed by atoms with Gasteiger partial charge in [-0.3, -0.25) is 0 Å². The minimum Gasteiger partial charge on any atom is -0.328 e. The summed E-state index contributed by atoms with van der Waals surface area (Å²) in [5, 5.41) is 0. The van der Waals surface area contributed by atoms with E-state index in [0.29, 0.717) is 17.0 Å². The SMILES string of the molecule is NCc1c(-c2ccc(F)cc2F)ncn1Cc1ccccc1F. The normalized spacial score (nSPS) is 11.0. The molecule has 0 saturated carbocycles. The number of halogens is 3. The van der Waals surface area contributed by atoms with E-state index in [-0.39, 0.29) is 24.5 Å². The number of benzene rings is 2. The Bertz CT molecular complexity index is 843. The number of rotatable bonds is 4. The summed E-state index contributed by atoms with van der Waals surface area (Å²) in [6, 6.07) is 9.65. The van der Waals surface area contributed by atoms with E-state index in [4.69, 9.17) is 5.73 Å². The summed E-state index contributed by atoms with van der Waals surface area (Å²) in [5.74, 6) is -1.71. The number of hydrogen-bond acceptors (Lipinski definition) is 2. The van der Waals surface area contributed by atoms with Crippen molar-refractivity contribution in [3.8, 4) is 11.3 Å². The van der Waals surface area contributed by atoms with Crippen LogP contribution in [0.1, 0.15) is 11.3 Å². The highest BCUT2D eigenvalue weighted by atomic mass is 19.1. The van der Waals surface area contributed by atoms with Gasteiger partial charge in [0.1, 0.15) is 17.5 Å². The van der Waals surface area contributed by atoms with Gasteiger partial charge in [-0.15, -0.1) is 0 Å². The van der Waals surface area contributed by atoms with E-state index in [1.165, 1.54) is 18.5 Å². The summed E-state index contributed by atoms with van der Waals surface area (Å²) in [7, 11) is 0. The zero-order valence-corrected chi connectivity index (χ0v) is 12.1. The summed E-state index contributed by atoms with van der Waals surface area (Å²) < 4.78 is 42.5. The van der Waals surface area contributed by atoms with E-state index < -0.39 is 11.6 Å². The van der Waals surface area contributed by atoms with Crippen LogP contribution in [0.25, 0.3) is 11.3 Å². The number of nitrogens with two attached hydrogens (primary N) is 1. The number of nitrogens with zero attached hydrogens (tertiary/aromatic N) is 2. The van der Waals surface area contributed by atoms with E-state index in [2.05, 4.69) is 4.98 Å². The quantitative estimate of drug-likeness (QED) is 0.801. The lowest BCUT2D eigenvalue weighted by Gasteiger charge is -2.09. The van der Waals surface area contributed by atoms with Crippen LogP contribution in [0.2, 0.25) is 0 Å². The molecule has 0 aliphatic heterocycles. The molecule has 3 rings (SSSR count). The second-order valence-corrected chi connectivity index (χ2v) is 5.09. The first kappa shape index (κ1) is 15.3. The molecule has 0 radical (unpaired) electrons. The van der Waals surface area contributed by atoms with E-state index in [0.717, 1.165) is 12.1 Å². The van der Waals surface area contributed by atoms with Gasteiger partial charge in [0.05, 0.1) is 24.3 Å². The van der Waals surface area contributed by atoms with Gasteiger partial charge >= 0.3 is 0 Å². The molecule has 0 saturated heterocycles. The van der Waals surface area contributed by atoms with Crippen LogP contribution in [0.3, 0.4) is 0 Å². The van der Waals surface area contributed by atoms with Crippen molar-refractivity contribution in [1.29, 1.82) is 0 Å². The van der Waals surface area contributed by atoms with Crippen molar-refractivity contribution in [2.45, 2.75) is 13.1 Å². The highest BCUT2D eigenvalue weighted by Crippen LogP contribution is 2.26. The molecule has 2 N–H and O–H groups in total. The van der Waals surface area contributed by atoms with Crippen LogP contribution in [0.4, 0.5) is 13.2 Å². The van der Waals surface area contributed by atoms with Gasteiger partial charge in [-0.05, 0) is 18.2 Å². The second kappa shape index (κ2) is 6.26. The highest BCUT2D eigenvalue weighted by molar-refractivity contribution is 5.62. The average Bonchev–Trinajstić information content (AvgIpc) is 2.92. The number of hydrogen-bond donors (Lipinski definition) is 1. The van der Waals surface area contributed by atoms with Gasteiger partial charge < -0.3 is 10.3 Å². The summed E-state index contributed by atoms with van der Waals surface area (Å²) in [5.41, 5.74) is 7.29. The molecule has 6 heteroatoms. The number of imidazole rings is 1. The average molecular weight is 317 g/mol. The first-order chi connectivity index (χ1) is 11.1. The summed E-state index contributed by atoms with van der Waals surface area (Å²) >= 11 is 0. The molecule has 0 aliphatic carbocycles. The fourth-order valence-corrected chi connectivity index (χ4v) is 2.47. The minimum atomic E-state index is -0.712. The lowest BCUT2D eigenvalue weighted by atomic mass is 10.1. The van der Waals surface area contributed by atoms with Crippen molar-refractivity contribution in [2.24, 2.45) is 5.73 Å². The highest BCUT2D eigenvalue weighted by Gasteiger charge is 2.16. The molecule has 0 spiro atoms. The largest absolute Gasteiger partial charge is 0.328 e. The molecular formula is C17H14F3N3. The van der Waals surface area contributed by atoms with Gasteiger partial charge in [-0.2, -0.15) is 0 Å². The van der Waals surface area contributed by atoms with Crippen molar-refractivity contribution < 1.29 is 13.2 Å². The topological polar surface area (TPSA) is 43.8 Å². The molecule has 0 bridgehead atoms. The standard InChI is InChI=1S/C17H14F3N3/c18-12-5-6-13(15(20)7-12)17-16(8-21)23(10-22-17)9-11-3-1-2-4-14(11)19/h1-7,10H,8-9,21H2. The number of aromatic nitrogens is 2. The first-order valence-corrected chi connectivity index (χ1v) is 7.03. The zero-order chi connectivity index (χ0) is 16.4. The molecule has 3 nitrogen and oxygen atoms in total. The Balaban J connectivity index is 2.02. The maximum absolute atomic E-state index is 14.0. The second-order valence-electron chi connectivity index (χ2n) is 5.09. The molecule has 1 heterocycles. The molecule has 0 fully saturated rings.